The first-order valence-corrected chi connectivity index (χ1v) is 7.23. The highest BCUT2D eigenvalue weighted by molar-refractivity contribution is 7.80. The Labute approximate surface area is 114 Å². The van der Waals surface area contributed by atoms with E-state index in [9.17, 15) is 4.79 Å². The highest BCUT2D eigenvalue weighted by Gasteiger charge is 2.37. The van der Waals surface area contributed by atoms with Crippen LogP contribution in [-0.4, -0.2) is 53.4 Å². The summed E-state index contributed by atoms with van der Waals surface area (Å²) in [5.74, 6) is 1.10. The molecule has 0 spiro atoms. The van der Waals surface area contributed by atoms with Gasteiger partial charge in [0.25, 0.3) is 0 Å². The third kappa shape index (κ3) is 3.42. The number of nitrogens with two attached hydrogens (primary N) is 1. The topological polar surface area (TPSA) is 49.6 Å². The van der Waals surface area contributed by atoms with Crippen LogP contribution >= 0.6 is 12.2 Å². The first kappa shape index (κ1) is 13.7. The van der Waals surface area contributed by atoms with Crippen molar-refractivity contribution in [2.45, 2.75) is 38.1 Å². The number of hydrogen-bond acceptors (Lipinski definition) is 3. The minimum Gasteiger partial charge on any atom is -0.393 e. The van der Waals surface area contributed by atoms with Crippen molar-refractivity contribution in [3.63, 3.8) is 0 Å². The second-order valence-corrected chi connectivity index (χ2v) is 6.13. The van der Waals surface area contributed by atoms with Crippen molar-refractivity contribution in [2.24, 2.45) is 11.7 Å². The van der Waals surface area contributed by atoms with Crippen molar-refractivity contribution in [3.8, 4) is 0 Å². The number of amides is 1. The predicted octanol–water partition coefficient (Wildman–Crippen LogP) is 0.995. The van der Waals surface area contributed by atoms with Crippen LogP contribution in [0.25, 0.3) is 0 Å². The summed E-state index contributed by atoms with van der Waals surface area (Å²) in [7, 11) is 1.83. The standard InChI is InChI=1S/C13H23N3OS/c1-15(6-4-12(14)18)13(17)5-7-16-9-10-2-3-11(16)8-10/h10-11H,2-9H2,1H3,(H2,14,18). The molecular weight excluding hydrogens is 246 g/mol. The molecule has 1 amide bonds. The van der Waals surface area contributed by atoms with Gasteiger partial charge in [0, 0.05) is 45.6 Å². The third-order valence-corrected chi connectivity index (χ3v) is 4.46. The Bertz CT molecular complexity index is 334. The van der Waals surface area contributed by atoms with Crippen molar-refractivity contribution >= 4 is 23.1 Å². The van der Waals surface area contributed by atoms with Crippen LogP contribution in [0, 0.1) is 5.92 Å². The molecule has 0 aromatic heterocycles. The Morgan fingerprint density at radius 3 is 2.78 bits per heavy atom. The van der Waals surface area contributed by atoms with Crippen molar-refractivity contribution in [1.29, 1.82) is 0 Å². The molecule has 1 saturated heterocycles. The molecule has 2 bridgehead atoms. The fourth-order valence-electron chi connectivity index (χ4n) is 3.13. The number of thiocarbonyl (C=S) groups is 1. The minimum absolute atomic E-state index is 0.203. The molecule has 102 valence electrons. The number of fused-ring (bicyclic) bond motifs is 2. The Balaban J connectivity index is 1.66. The number of carbonyl (C=O) groups is 1. The van der Waals surface area contributed by atoms with E-state index in [1.807, 2.05) is 7.05 Å². The Morgan fingerprint density at radius 1 is 1.44 bits per heavy atom. The Hall–Kier alpha value is -0.680. The van der Waals surface area contributed by atoms with Crippen molar-refractivity contribution in [2.75, 3.05) is 26.7 Å². The zero-order valence-electron chi connectivity index (χ0n) is 11.1. The van der Waals surface area contributed by atoms with Crippen LogP contribution in [-0.2, 0) is 4.79 Å². The van der Waals surface area contributed by atoms with E-state index in [1.165, 1.54) is 25.8 Å². The quantitative estimate of drug-likeness (QED) is 0.731. The highest BCUT2D eigenvalue weighted by Crippen LogP contribution is 2.37. The molecule has 2 N–H and O–H groups in total. The normalized spacial score (nSPS) is 26.5. The van der Waals surface area contributed by atoms with Crippen molar-refractivity contribution in [3.05, 3.63) is 0 Å². The average molecular weight is 269 g/mol. The summed E-state index contributed by atoms with van der Waals surface area (Å²) in [6.45, 7) is 2.76. The van der Waals surface area contributed by atoms with Gasteiger partial charge in [0.2, 0.25) is 5.91 Å². The van der Waals surface area contributed by atoms with Crippen LogP contribution in [0.3, 0.4) is 0 Å². The van der Waals surface area contributed by atoms with Gasteiger partial charge in [-0.1, -0.05) is 12.2 Å². The molecule has 2 unspecified atom stereocenters. The van der Waals surface area contributed by atoms with Gasteiger partial charge in [0.15, 0.2) is 0 Å². The number of rotatable bonds is 6. The van der Waals surface area contributed by atoms with Gasteiger partial charge in [-0.15, -0.1) is 0 Å². The molecule has 2 atom stereocenters. The Morgan fingerprint density at radius 2 is 2.22 bits per heavy atom. The maximum atomic E-state index is 11.9. The molecule has 2 aliphatic rings. The summed E-state index contributed by atoms with van der Waals surface area (Å²) in [5.41, 5.74) is 5.44. The monoisotopic (exact) mass is 269 g/mol. The summed E-state index contributed by atoms with van der Waals surface area (Å²) in [6, 6.07) is 0.754. The van der Waals surface area contributed by atoms with Crippen LogP contribution in [0.15, 0.2) is 0 Å². The minimum atomic E-state index is 0.203. The first-order valence-electron chi connectivity index (χ1n) is 6.82. The lowest BCUT2D eigenvalue weighted by atomic mass is 10.1. The molecule has 1 aliphatic carbocycles. The third-order valence-electron chi connectivity index (χ3n) is 4.25. The van der Waals surface area contributed by atoms with E-state index in [1.54, 1.807) is 4.90 Å². The van der Waals surface area contributed by atoms with Gasteiger partial charge >= 0.3 is 0 Å². The molecular formula is C13H23N3OS. The fraction of sp³-hybridized carbons (Fsp3) is 0.846. The molecule has 1 heterocycles. The van der Waals surface area contributed by atoms with Crippen LogP contribution in [0.2, 0.25) is 0 Å². The van der Waals surface area contributed by atoms with Gasteiger partial charge in [-0.2, -0.15) is 0 Å². The van der Waals surface area contributed by atoms with E-state index in [4.69, 9.17) is 18.0 Å². The SMILES string of the molecule is CN(CCC(N)=S)C(=O)CCN1CC2CCC1C2. The number of hydrogen-bond donors (Lipinski definition) is 1. The molecule has 0 aromatic rings. The van der Waals surface area contributed by atoms with Gasteiger partial charge in [-0.05, 0) is 25.2 Å². The Kier molecular flexibility index (Phi) is 4.56. The molecule has 0 aromatic carbocycles. The summed E-state index contributed by atoms with van der Waals surface area (Å²) in [4.78, 5) is 16.6. The van der Waals surface area contributed by atoms with Crippen LogP contribution in [0.1, 0.15) is 32.1 Å². The van der Waals surface area contributed by atoms with E-state index in [0.29, 0.717) is 24.4 Å². The summed E-state index contributed by atoms with van der Waals surface area (Å²) >= 11 is 4.82. The zero-order valence-corrected chi connectivity index (χ0v) is 11.9. The van der Waals surface area contributed by atoms with Crippen LogP contribution in [0.4, 0.5) is 0 Å². The lowest BCUT2D eigenvalue weighted by Gasteiger charge is -2.27. The maximum Gasteiger partial charge on any atom is 0.223 e. The van der Waals surface area contributed by atoms with E-state index in [-0.39, 0.29) is 5.91 Å². The first-order chi connectivity index (χ1) is 8.56. The lowest BCUT2D eigenvalue weighted by molar-refractivity contribution is -0.130. The highest BCUT2D eigenvalue weighted by atomic mass is 32.1. The van der Waals surface area contributed by atoms with Gasteiger partial charge in [-0.25, -0.2) is 0 Å². The van der Waals surface area contributed by atoms with Crippen molar-refractivity contribution < 1.29 is 4.79 Å². The lowest BCUT2D eigenvalue weighted by Crippen LogP contribution is -2.37. The predicted molar refractivity (Wildman–Crippen MR) is 76.4 cm³/mol. The molecule has 1 saturated carbocycles. The average Bonchev–Trinajstić information content (AvgIpc) is 2.94. The summed E-state index contributed by atoms with van der Waals surface area (Å²) < 4.78 is 0. The number of likely N-dealkylation sites (tertiary alicyclic amines) is 1. The van der Waals surface area contributed by atoms with Gasteiger partial charge in [-0.3, -0.25) is 9.69 Å². The molecule has 2 rings (SSSR count). The largest absolute Gasteiger partial charge is 0.393 e. The molecule has 1 aliphatic heterocycles. The van der Waals surface area contributed by atoms with Crippen LogP contribution in [0.5, 0.6) is 0 Å². The fourth-order valence-corrected chi connectivity index (χ4v) is 3.22. The van der Waals surface area contributed by atoms with E-state index in [0.717, 1.165) is 18.5 Å². The molecule has 18 heavy (non-hydrogen) atoms. The van der Waals surface area contributed by atoms with Crippen molar-refractivity contribution in [1.82, 2.24) is 9.80 Å². The molecule has 0 radical (unpaired) electrons. The maximum absolute atomic E-state index is 11.9. The second kappa shape index (κ2) is 5.97. The van der Waals surface area contributed by atoms with Crippen LogP contribution < -0.4 is 5.73 Å². The molecule has 4 nitrogen and oxygen atoms in total. The number of nitrogens with zero attached hydrogens (tertiary/aromatic N) is 2. The van der Waals surface area contributed by atoms with E-state index >= 15 is 0 Å². The zero-order chi connectivity index (χ0) is 13.1. The van der Waals surface area contributed by atoms with Gasteiger partial charge in [0.05, 0.1) is 4.99 Å². The van der Waals surface area contributed by atoms with Gasteiger partial charge < -0.3 is 10.6 Å². The second-order valence-electron chi connectivity index (χ2n) is 5.61. The number of piperidine rings is 1. The number of carbonyl (C=O) groups excluding carboxylic acids is 1. The summed E-state index contributed by atoms with van der Waals surface area (Å²) in [5, 5.41) is 0. The van der Waals surface area contributed by atoms with E-state index in [2.05, 4.69) is 4.90 Å². The van der Waals surface area contributed by atoms with E-state index < -0.39 is 0 Å². The smallest absolute Gasteiger partial charge is 0.223 e. The molecule has 2 fully saturated rings. The summed E-state index contributed by atoms with van der Waals surface area (Å²) in [6.07, 6.45) is 5.31. The molecule has 5 heteroatoms. The van der Waals surface area contributed by atoms with Gasteiger partial charge in [0.1, 0.15) is 0 Å².